The number of nitrogens with one attached hydrogen (secondary N) is 1. The van der Waals surface area contributed by atoms with Gasteiger partial charge in [0.2, 0.25) is 0 Å². The molecule has 0 aromatic carbocycles. The number of hydrogen-bond donors (Lipinski definition) is 1. The van der Waals surface area contributed by atoms with Crippen LogP contribution in [0.1, 0.15) is 33.1 Å². The summed E-state index contributed by atoms with van der Waals surface area (Å²) in [5, 5.41) is 3.46. The van der Waals surface area contributed by atoms with E-state index >= 15 is 0 Å². The summed E-state index contributed by atoms with van der Waals surface area (Å²) < 4.78 is 0. The zero-order chi connectivity index (χ0) is 12.7. The summed E-state index contributed by atoms with van der Waals surface area (Å²) in [4.78, 5) is 5.07. The zero-order valence-corrected chi connectivity index (χ0v) is 12.2. The molecule has 2 atom stereocenters. The van der Waals surface area contributed by atoms with E-state index in [0.29, 0.717) is 6.04 Å². The molecule has 0 radical (unpaired) electrons. The van der Waals surface area contributed by atoms with Crippen LogP contribution in [0.4, 0.5) is 0 Å². The van der Waals surface area contributed by atoms with E-state index in [-0.39, 0.29) is 0 Å². The Bertz CT molecular complexity index is 190. The van der Waals surface area contributed by atoms with Crippen molar-refractivity contribution in [3.05, 3.63) is 0 Å². The van der Waals surface area contributed by atoms with E-state index in [0.717, 1.165) is 5.92 Å². The summed E-state index contributed by atoms with van der Waals surface area (Å²) in [6, 6.07) is 0.628. The number of hydrogen-bond acceptors (Lipinski definition) is 3. The van der Waals surface area contributed by atoms with Crippen LogP contribution < -0.4 is 5.32 Å². The minimum absolute atomic E-state index is 0.628. The summed E-state index contributed by atoms with van der Waals surface area (Å²) in [5.41, 5.74) is 0. The Morgan fingerprint density at radius 1 is 1.29 bits per heavy atom. The van der Waals surface area contributed by atoms with Gasteiger partial charge in [-0.05, 0) is 45.9 Å². The van der Waals surface area contributed by atoms with Crippen molar-refractivity contribution >= 4 is 0 Å². The van der Waals surface area contributed by atoms with E-state index in [1.54, 1.807) is 0 Å². The number of likely N-dealkylation sites (N-methyl/N-ethyl adjacent to an activating group) is 2. The molecular formula is C14H31N3. The highest BCUT2D eigenvalue weighted by Crippen LogP contribution is 2.09. The first-order chi connectivity index (χ1) is 8.17. The first kappa shape index (κ1) is 14.9. The predicted octanol–water partition coefficient (Wildman–Crippen LogP) is 1.65. The number of nitrogens with zero attached hydrogens (tertiary/aromatic N) is 2. The number of likely N-dealkylation sites (tertiary alicyclic amines) is 1. The van der Waals surface area contributed by atoms with Gasteiger partial charge in [-0.25, -0.2) is 0 Å². The van der Waals surface area contributed by atoms with Gasteiger partial charge in [0.25, 0.3) is 0 Å². The van der Waals surface area contributed by atoms with Crippen molar-refractivity contribution in [2.45, 2.75) is 39.2 Å². The quantitative estimate of drug-likeness (QED) is 0.697. The van der Waals surface area contributed by atoms with E-state index in [9.17, 15) is 0 Å². The molecule has 0 saturated carbocycles. The van der Waals surface area contributed by atoms with Gasteiger partial charge < -0.3 is 15.1 Å². The van der Waals surface area contributed by atoms with Crippen LogP contribution in [0.25, 0.3) is 0 Å². The summed E-state index contributed by atoms with van der Waals surface area (Å²) in [6.45, 7) is 10.9. The Kier molecular flexibility index (Phi) is 7.09. The highest BCUT2D eigenvalue weighted by Gasteiger charge is 2.17. The van der Waals surface area contributed by atoms with Gasteiger partial charge in [0.05, 0.1) is 0 Å². The lowest BCUT2D eigenvalue weighted by atomic mass is 9.99. The van der Waals surface area contributed by atoms with Crippen LogP contribution >= 0.6 is 0 Å². The molecule has 0 spiro atoms. The molecule has 0 aliphatic carbocycles. The molecule has 1 saturated heterocycles. The lowest BCUT2D eigenvalue weighted by Crippen LogP contribution is -2.43. The summed E-state index contributed by atoms with van der Waals surface area (Å²) in [7, 11) is 4.34. The lowest BCUT2D eigenvalue weighted by molar-refractivity contribution is 0.219. The Labute approximate surface area is 108 Å². The topological polar surface area (TPSA) is 18.5 Å². The van der Waals surface area contributed by atoms with Gasteiger partial charge in [-0.15, -0.1) is 0 Å². The second kappa shape index (κ2) is 8.06. The summed E-state index contributed by atoms with van der Waals surface area (Å²) >= 11 is 0. The molecule has 3 heteroatoms. The molecule has 3 nitrogen and oxygen atoms in total. The molecule has 1 rings (SSSR count). The third-order valence-corrected chi connectivity index (χ3v) is 4.21. The van der Waals surface area contributed by atoms with Crippen LogP contribution in [-0.2, 0) is 0 Å². The molecule has 0 aromatic rings. The molecule has 1 heterocycles. The highest BCUT2D eigenvalue weighted by atomic mass is 15.2. The Hall–Kier alpha value is -0.120. The van der Waals surface area contributed by atoms with Crippen LogP contribution in [0.5, 0.6) is 0 Å². The number of rotatable bonds is 8. The Morgan fingerprint density at radius 2 is 1.94 bits per heavy atom. The average molecular weight is 241 g/mol. The molecule has 1 N–H and O–H groups in total. The second-order valence-electron chi connectivity index (χ2n) is 5.59. The van der Waals surface area contributed by atoms with Crippen LogP contribution in [0.2, 0.25) is 0 Å². The average Bonchev–Trinajstić information content (AvgIpc) is 2.85. The Morgan fingerprint density at radius 3 is 2.47 bits per heavy atom. The van der Waals surface area contributed by atoms with Crippen LogP contribution in [0, 0.1) is 5.92 Å². The van der Waals surface area contributed by atoms with Crippen LogP contribution in [0.15, 0.2) is 0 Å². The third kappa shape index (κ3) is 5.36. The summed E-state index contributed by atoms with van der Waals surface area (Å²) in [6.07, 6.45) is 4.05. The van der Waals surface area contributed by atoms with Crippen molar-refractivity contribution in [1.29, 1.82) is 0 Å². The second-order valence-corrected chi connectivity index (χ2v) is 5.59. The van der Waals surface area contributed by atoms with Gasteiger partial charge in [-0.2, -0.15) is 0 Å². The predicted molar refractivity (Wildman–Crippen MR) is 75.5 cm³/mol. The fourth-order valence-corrected chi connectivity index (χ4v) is 2.59. The molecule has 1 fully saturated rings. The van der Waals surface area contributed by atoms with E-state index in [1.807, 2.05) is 0 Å². The minimum Gasteiger partial charge on any atom is -0.315 e. The van der Waals surface area contributed by atoms with Crippen molar-refractivity contribution in [1.82, 2.24) is 15.1 Å². The standard InChI is InChI=1S/C14H31N3/c1-5-13(2)14(15-3)12-16(4)10-11-17-8-6-7-9-17/h13-15H,5-12H2,1-4H3. The first-order valence-corrected chi connectivity index (χ1v) is 7.25. The van der Waals surface area contributed by atoms with Crippen molar-refractivity contribution < 1.29 is 0 Å². The van der Waals surface area contributed by atoms with Crippen molar-refractivity contribution in [2.75, 3.05) is 46.8 Å². The van der Waals surface area contributed by atoms with Gasteiger partial charge in [-0.3, -0.25) is 0 Å². The lowest BCUT2D eigenvalue weighted by Gasteiger charge is -2.29. The van der Waals surface area contributed by atoms with E-state index in [4.69, 9.17) is 0 Å². The molecule has 1 aliphatic heterocycles. The van der Waals surface area contributed by atoms with Gasteiger partial charge in [0.1, 0.15) is 0 Å². The SMILES string of the molecule is CCC(C)C(CN(C)CCN1CCCC1)NC. The van der Waals surface area contributed by atoms with E-state index in [2.05, 4.69) is 43.1 Å². The Balaban J connectivity index is 2.19. The highest BCUT2D eigenvalue weighted by molar-refractivity contribution is 4.75. The normalized spacial score (nSPS) is 21.0. The molecule has 0 bridgehead atoms. The molecule has 17 heavy (non-hydrogen) atoms. The largest absolute Gasteiger partial charge is 0.315 e. The zero-order valence-electron chi connectivity index (χ0n) is 12.2. The molecule has 0 aromatic heterocycles. The van der Waals surface area contributed by atoms with Gasteiger partial charge >= 0.3 is 0 Å². The van der Waals surface area contributed by atoms with Gasteiger partial charge in [-0.1, -0.05) is 20.3 Å². The van der Waals surface area contributed by atoms with E-state index < -0.39 is 0 Å². The van der Waals surface area contributed by atoms with Crippen molar-refractivity contribution in [2.24, 2.45) is 5.92 Å². The molecule has 1 aliphatic rings. The van der Waals surface area contributed by atoms with Crippen LogP contribution in [0.3, 0.4) is 0 Å². The molecular weight excluding hydrogens is 210 g/mol. The smallest absolute Gasteiger partial charge is 0.0217 e. The maximum Gasteiger partial charge on any atom is 0.0217 e. The maximum absolute atomic E-state index is 3.46. The van der Waals surface area contributed by atoms with Gasteiger partial charge in [0.15, 0.2) is 0 Å². The van der Waals surface area contributed by atoms with Gasteiger partial charge in [0, 0.05) is 25.7 Å². The summed E-state index contributed by atoms with van der Waals surface area (Å²) in [5.74, 6) is 0.759. The fraction of sp³-hybridized carbons (Fsp3) is 1.00. The molecule has 2 unspecified atom stereocenters. The maximum atomic E-state index is 3.46. The first-order valence-electron chi connectivity index (χ1n) is 7.25. The van der Waals surface area contributed by atoms with E-state index in [1.165, 1.54) is 52.0 Å². The minimum atomic E-state index is 0.628. The monoisotopic (exact) mass is 241 g/mol. The molecule has 102 valence electrons. The van der Waals surface area contributed by atoms with Crippen molar-refractivity contribution in [3.8, 4) is 0 Å². The van der Waals surface area contributed by atoms with Crippen molar-refractivity contribution in [3.63, 3.8) is 0 Å². The molecule has 0 amide bonds. The fourth-order valence-electron chi connectivity index (χ4n) is 2.59. The third-order valence-electron chi connectivity index (χ3n) is 4.21. The van der Waals surface area contributed by atoms with Crippen LogP contribution in [-0.4, -0.2) is 62.7 Å².